The highest BCUT2D eigenvalue weighted by atomic mass is 35.5. The number of amides is 2. The van der Waals surface area contributed by atoms with Crippen molar-refractivity contribution in [3.05, 3.63) is 71.1 Å². The summed E-state index contributed by atoms with van der Waals surface area (Å²) in [5.74, 6) is -3.42. The lowest BCUT2D eigenvalue weighted by molar-refractivity contribution is -0.149. The number of carbonyl (C=O) groups excluding carboxylic acids is 3. The smallest absolute Gasteiger partial charge is 0.411 e. The molecule has 1 saturated heterocycles. The molecule has 15 nitrogen and oxygen atoms in total. The number of fused-ring (bicyclic) bond motifs is 1. The van der Waals surface area contributed by atoms with E-state index in [1.807, 2.05) is 4.90 Å². The van der Waals surface area contributed by atoms with E-state index in [1.54, 1.807) is 51.2 Å². The van der Waals surface area contributed by atoms with E-state index >= 15 is 0 Å². The van der Waals surface area contributed by atoms with Crippen molar-refractivity contribution in [2.24, 2.45) is 0 Å². The van der Waals surface area contributed by atoms with E-state index in [9.17, 15) is 23.2 Å². The SMILES string of the molecule is COC(=O)C1CN(CCOCCNC(=O)c2ccc(Nc3nccn4c(-c5ccc(OCC#N)c(F)c5F)cnc34)cc2Cl)CCN1C(=O)OC(C)(C)C. The molecule has 0 spiro atoms. The number of nitrogens with zero attached hydrogens (tertiary/aromatic N) is 6. The van der Waals surface area contributed by atoms with E-state index in [1.165, 1.54) is 40.9 Å². The molecule has 2 N–H and O–H groups in total. The maximum absolute atomic E-state index is 15.0. The van der Waals surface area contributed by atoms with Gasteiger partial charge in [0.25, 0.3) is 5.91 Å². The van der Waals surface area contributed by atoms with Crippen molar-refractivity contribution in [2.45, 2.75) is 32.4 Å². The average molecular weight is 769 g/mol. The van der Waals surface area contributed by atoms with Crippen LogP contribution in [0, 0.1) is 23.0 Å². The molecule has 5 rings (SSSR count). The van der Waals surface area contributed by atoms with E-state index in [0.717, 1.165) is 0 Å². The van der Waals surface area contributed by atoms with Gasteiger partial charge in [0.1, 0.15) is 17.7 Å². The molecule has 1 aliphatic rings. The maximum atomic E-state index is 15.0. The fourth-order valence-electron chi connectivity index (χ4n) is 5.62. The molecule has 2 aromatic carbocycles. The summed E-state index contributed by atoms with van der Waals surface area (Å²) in [7, 11) is 1.27. The number of halogens is 3. The molecule has 1 atom stereocenters. The summed E-state index contributed by atoms with van der Waals surface area (Å²) >= 11 is 6.47. The van der Waals surface area contributed by atoms with Crippen LogP contribution < -0.4 is 15.4 Å². The van der Waals surface area contributed by atoms with Gasteiger partial charge < -0.3 is 29.6 Å². The number of aromatic nitrogens is 3. The number of anilines is 2. The predicted octanol–water partition coefficient (Wildman–Crippen LogP) is 4.81. The number of hydrogen-bond donors (Lipinski definition) is 2. The number of methoxy groups -OCH3 is 1. The minimum Gasteiger partial charge on any atom is -0.476 e. The van der Waals surface area contributed by atoms with Crippen LogP contribution in [0.15, 0.2) is 48.9 Å². The Bertz CT molecular complexity index is 2050. The van der Waals surface area contributed by atoms with Crippen LogP contribution in [0.5, 0.6) is 5.75 Å². The van der Waals surface area contributed by atoms with Crippen LogP contribution >= 0.6 is 11.6 Å². The molecule has 18 heteroatoms. The van der Waals surface area contributed by atoms with E-state index in [4.69, 9.17) is 35.8 Å². The number of carbonyl (C=O) groups is 3. The number of nitriles is 1. The first kappa shape index (κ1) is 39.6. The molecule has 286 valence electrons. The van der Waals surface area contributed by atoms with E-state index in [2.05, 4.69) is 20.6 Å². The Morgan fingerprint density at radius 3 is 2.61 bits per heavy atom. The number of benzene rings is 2. The van der Waals surface area contributed by atoms with Crippen LogP contribution in [-0.2, 0) is 19.0 Å². The second-order valence-corrected chi connectivity index (χ2v) is 13.4. The van der Waals surface area contributed by atoms with Crippen molar-refractivity contribution < 1.29 is 42.1 Å². The van der Waals surface area contributed by atoms with Gasteiger partial charge in [-0.3, -0.25) is 19.0 Å². The fourth-order valence-corrected chi connectivity index (χ4v) is 5.88. The number of nitrogens with one attached hydrogen (secondary N) is 2. The highest BCUT2D eigenvalue weighted by Gasteiger charge is 2.38. The van der Waals surface area contributed by atoms with E-state index in [-0.39, 0.29) is 59.7 Å². The zero-order valence-corrected chi connectivity index (χ0v) is 30.8. The monoisotopic (exact) mass is 768 g/mol. The third-order valence-corrected chi connectivity index (χ3v) is 8.48. The number of rotatable bonds is 13. The van der Waals surface area contributed by atoms with E-state index < -0.39 is 47.9 Å². The molecule has 0 saturated carbocycles. The topological polar surface area (TPSA) is 173 Å². The molecule has 2 aromatic heterocycles. The molecular weight excluding hydrogens is 730 g/mol. The summed E-state index contributed by atoms with van der Waals surface area (Å²) in [5.41, 5.74) is 0.497. The van der Waals surface area contributed by atoms with Crippen LogP contribution in [0.25, 0.3) is 16.9 Å². The van der Waals surface area contributed by atoms with Gasteiger partial charge in [0.15, 0.2) is 29.6 Å². The van der Waals surface area contributed by atoms with Gasteiger partial charge in [-0.05, 0) is 51.1 Å². The molecule has 1 unspecified atom stereocenters. The Labute approximate surface area is 314 Å². The van der Waals surface area contributed by atoms with Crippen molar-refractivity contribution in [1.29, 1.82) is 5.26 Å². The summed E-state index contributed by atoms with van der Waals surface area (Å²) in [6.07, 6.45) is 3.79. The van der Waals surface area contributed by atoms with Gasteiger partial charge >= 0.3 is 12.1 Å². The molecule has 1 aliphatic heterocycles. The highest BCUT2D eigenvalue weighted by Crippen LogP contribution is 2.32. The van der Waals surface area contributed by atoms with Gasteiger partial charge in [0, 0.05) is 56.4 Å². The van der Waals surface area contributed by atoms with Crippen molar-refractivity contribution >= 4 is 46.7 Å². The zero-order chi connectivity index (χ0) is 39.0. The third-order valence-electron chi connectivity index (χ3n) is 8.17. The molecule has 4 aromatic rings. The van der Waals surface area contributed by atoms with Crippen LogP contribution in [-0.4, -0.2) is 113 Å². The fraction of sp³-hybridized carbons (Fsp3) is 0.389. The van der Waals surface area contributed by atoms with Gasteiger partial charge in [-0.25, -0.2) is 23.9 Å². The Morgan fingerprint density at radius 2 is 1.89 bits per heavy atom. The average Bonchev–Trinajstić information content (AvgIpc) is 3.57. The second-order valence-electron chi connectivity index (χ2n) is 13.0. The minimum atomic E-state index is -1.23. The lowest BCUT2D eigenvalue weighted by Gasteiger charge is -2.40. The summed E-state index contributed by atoms with van der Waals surface area (Å²) in [6, 6.07) is 8.19. The van der Waals surface area contributed by atoms with Crippen molar-refractivity contribution in [3.63, 3.8) is 0 Å². The van der Waals surface area contributed by atoms with Crippen LogP contribution in [0.1, 0.15) is 31.1 Å². The molecule has 1 fully saturated rings. The number of piperazine rings is 1. The zero-order valence-electron chi connectivity index (χ0n) is 30.0. The predicted molar refractivity (Wildman–Crippen MR) is 193 cm³/mol. The van der Waals surface area contributed by atoms with Gasteiger partial charge in [0.05, 0.1) is 42.8 Å². The van der Waals surface area contributed by atoms with Crippen molar-refractivity contribution in [1.82, 2.24) is 29.5 Å². The molecule has 0 bridgehead atoms. The Morgan fingerprint density at radius 1 is 1.09 bits per heavy atom. The Balaban J connectivity index is 1.11. The standard InChI is InChI=1S/C36H39ClF2N8O7/c1-36(2,3)54-35(50)47-14-13-45(21-27(47)34(49)51-4)15-18-52-17-11-42-33(48)23-6-5-22(19-25(23)37)44-31-32-43-20-26(46(32)12-10-41-31)24-7-8-28(53-16-9-40)30(39)29(24)38/h5-8,10,12,19-20,27H,11,13-18,21H2,1-4H3,(H,41,44)(H,42,48). The normalized spacial score (nSPS) is 14.7. The van der Waals surface area contributed by atoms with Crippen LogP contribution in [0.4, 0.5) is 25.1 Å². The quantitative estimate of drug-likeness (QED) is 0.141. The number of hydrogen-bond acceptors (Lipinski definition) is 12. The highest BCUT2D eigenvalue weighted by molar-refractivity contribution is 6.34. The summed E-state index contributed by atoms with van der Waals surface area (Å²) in [5, 5.41) is 14.7. The largest absolute Gasteiger partial charge is 0.476 e. The van der Waals surface area contributed by atoms with Crippen LogP contribution in [0.3, 0.4) is 0 Å². The Hall–Kier alpha value is -5.57. The molecular formula is C36H39ClF2N8O7. The molecule has 2 amide bonds. The molecule has 0 aliphatic carbocycles. The number of ether oxygens (including phenoxy) is 4. The molecule has 3 heterocycles. The second kappa shape index (κ2) is 17.5. The first-order valence-electron chi connectivity index (χ1n) is 16.8. The Kier molecular flexibility index (Phi) is 12.8. The van der Waals surface area contributed by atoms with Gasteiger partial charge in [-0.15, -0.1) is 0 Å². The molecule has 0 radical (unpaired) electrons. The van der Waals surface area contributed by atoms with Crippen molar-refractivity contribution in [2.75, 3.05) is 65.0 Å². The maximum Gasteiger partial charge on any atom is 0.411 e. The van der Waals surface area contributed by atoms with Gasteiger partial charge in [0.2, 0.25) is 5.82 Å². The lowest BCUT2D eigenvalue weighted by atomic mass is 10.1. The molecule has 54 heavy (non-hydrogen) atoms. The van der Waals surface area contributed by atoms with Crippen molar-refractivity contribution in [3.8, 4) is 23.1 Å². The van der Waals surface area contributed by atoms with Gasteiger partial charge in [-0.1, -0.05) is 11.6 Å². The van der Waals surface area contributed by atoms with Crippen LogP contribution in [0.2, 0.25) is 5.02 Å². The summed E-state index contributed by atoms with van der Waals surface area (Å²) in [6.45, 7) is 7.17. The van der Waals surface area contributed by atoms with E-state index in [0.29, 0.717) is 31.0 Å². The van der Waals surface area contributed by atoms with Gasteiger partial charge in [-0.2, -0.15) is 9.65 Å². The first-order chi connectivity index (χ1) is 25.8. The summed E-state index contributed by atoms with van der Waals surface area (Å²) in [4.78, 5) is 50.0. The minimum absolute atomic E-state index is 0.0748. The lowest BCUT2D eigenvalue weighted by Crippen LogP contribution is -2.59. The third kappa shape index (κ3) is 9.50. The number of imidazole rings is 1. The number of esters is 1. The summed E-state index contributed by atoms with van der Waals surface area (Å²) < 4.78 is 52.2. The first-order valence-corrected chi connectivity index (χ1v) is 17.2.